The van der Waals surface area contributed by atoms with Gasteiger partial charge in [0, 0.05) is 32.4 Å². The fraction of sp³-hybridized carbons (Fsp3) is 0.588. The number of ether oxygens (including phenoxy) is 1. The first-order valence-corrected chi connectivity index (χ1v) is 8.59. The van der Waals surface area contributed by atoms with Gasteiger partial charge in [-0.1, -0.05) is 12.1 Å². The van der Waals surface area contributed by atoms with Crippen LogP contribution in [0.5, 0.6) is 0 Å². The number of aryl methyl sites for hydroxylation is 2. The Hall–Kier alpha value is -2.19. The molecule has 8 nitrogen and oxygen atoms in total. The topological polar surface area (TPSA) is 85.4 Å². The predicted molar refractivity (Wildman–Crippen MR) is 90.9 cm³/mol. The van der Waals surface area contributed by atoms with Crippen molar-refractivity contribution in [3.63, 3.8) is 0 Å². The lowest BCUT2D eigenvalue weighted by Gasteiger charge is -2.40. The Morgan fingerprint density at radius 2 is 2.32 bits per heavy atom. The molecule has 1 N–H and O–H groups in total. The maximum absolute atomic E-state index is 12.2. The lowest BCUT2D eigenvalue weighted by atomic mass is 10.0. The number of carbonyl (C=O) groups is 1. The highest BCUT2D eigenvalue weighted by atomic mass is 16.5. The van der Waals surface area contributed by atoms with E-state index in [1.807, 2.05) is 24.7 Å². The summed E-state index contributed by atoms with van der Waals surface area (Å²) >= 11 is 0. The minimum absolute atomic E-state index is 0.0702. The van der Waals surface area contributed by atoms with Crippen LogP contribution >= 0.6 is 0 Å². The molecular formula is C17H25N5O3. The van der Waals surface area contributed by atoms with Crippen molar-refractivity contribution in [3.8, 4) is 0 Å². The Kier molecular flexibility index (Phi) is 5.50. The number of rotatable bonds is 6. The Labute approximate surface area is 147 Å². The molecule has 8 heteroatoms. The van der Waals surface area contributed by atoms with Gasteiger partial charge in [-0.15, -0.1) is 0 Å². The smallest absolute Gasteiger partial charge is 0.226 e. The summed E-state index contributed by atoms with van der Waals surface area (Å²) in [6, 6.07) is 1.84. The molecule has 3 heterocycles. The average molecular weight is 347 g/mol. The highest BCUT2D eigenvalue weighted by molar-refractivity contribution is 5.78. The molecule has 2 atom stereocenters. The normalized spacial score (nSPS) is 21.4. The summed E-state index contributed by atoms with van der Waals surface area (Å²) in [5.41, 5.74) is 1.73. The van der Waals surface area contributed by atoms with E-state index in [1.165, 1.54) is 0 Å². The zero-order valence-electron chi connectivity index (χ0n) is 14.9. The Bertz CT molecular complexity index is 711. The molecule has 1 saturated heterocycles. The zero-order valence-corrected chi connectivity index (χ0v) is 14.9. The van der Waals surface area contributed by atoms with E-state index in [0.29, 0.717) is 24.6 Å². The number of aromatic nitrogens is 3. The van der Waals surface area contributed by atoms with Gasteiger partial charge in [-0.2, -0.15) is 0 Å². The second-order valence-corrected chi connectivity index (χ2v) is 6.32. The van der Waals surface area contributed by atoms with Crippen LogP contribution in [0.1, 0.15) is 30.1 Å². The zero-order chi connectivity index (χ0) is 17.8. The van der Waals surface area contributed by atoms with E-state index in [1.54, 1.807) is 12.4 Å². The van der Waals surface area contributed by atoms with Gasteiger partial charge in [0.25, 0.3) is 0 Å². The average Bonchev–Trinajstić information content (AvgIpc) is 3.20. The number of hydrogen-bond donors (Lipinski definition) is 1. The third kappa shape index (κ3) is 4.08. The monoisotopic (exact) mass is 347 g/mol. The summed E-state index contributed by atoms with van der Waals surface area (Å²) in [4.78, 5) is 18.8. The molecule has 2 aromatic rings. The van der Waals surface area contributed by atoms with Gasteiger partial charge in [-0.3, -0.25) is 9.69 Å². The van der Waals surface area contributed by atoms with Gasteiger partial charge in [0.05, 0.1) is 42.9 Å². The summed E-state index contributed by atoms with van der Waals surface area (Å²) < 4.78 is 13.0. The highest BCUT2D eigenvalue weighted by Gasteiger charge is 2.34. The largest absolute Gasteiger partial charge is 0.373 e. The number of imidazole rings is 1. The number of nitrogens with one attached hydrogen (secondary N) is 1. The van der Waals surface area contributed by atoms with Crippen LogP contribution in [0, 0.1) is 6.92 Å². The van der Waals surface area contributed by atoms with Crippen molar-refractivity contribution in [2.45, 2.75) is 32.4 Å². The number of carbonyl (C=O) groups excluding carboxylic acids is 1. The Morgan fingerprint density at radius 1 is 1.48 bits per heavy atom. The van der Waals surface area contributed by atoms with E-state index < -0.39 is 0 Å². The molecule has 0 aromatic carbocycles. The van der Waals surface area contributed by atoms with Crippen molar-refractivity contribution < 1.29 is 14.1 Å². The van der Waals surface area contributed by atoms with Crippen LogP contribution in [0.4, 0.5) is 0 Å². The second-order valence-electron chi connectivity index (χ2n) is 6.32. The molecule has 3 rings (SSSR count). The molecule has 1 aliphatic heterocycles. The minimum Gasteiger partial charge on any atom is -0.373 e. The molecular weight excluding hydrogens is 322 g/mol. The molecule has 0 radical (unpaired) electrons. The number of hydrogen-bond acceptors (Lipinski definition) is 6. The maximum Gasteiger partial charge on any atom is 0.226 e. The van der Waals surface area contributed by atoms with Crippen LogP contribution < -0.4 is 5.32 Å². The summed E-state index contributed by atoms with van der Waals surface area (Å²) in [5.74, 6) is 0.613. The molecule has 2 aromatic heterocycles. The highest BCUT2D eigenvalue weighted by Crippen LogP contribution is 2.28. The van der Waals surface area contributed by atoms with Crippen molar-refractivity contribution in [2.24, 2.45) is 7.05 Å². The number of amides is 1. The molecule has 1 amide bonds. The van der Waals surface area contributed by atoms with Crippen molar-refractivity contribution in [1.82, 2.24) is 24.9 Å². The quantitative estimate of drug-likeness (QED) is 0.833. The van der Waals surface area contributed by atoms with Crippen LogP contribution in [0.25, 0.3) is 0 Å². The van der Waals surface area contributed by atoms with Crippen LogP contribution in [0.3, 0.4) is 0 Å². The second kappa shape index (κ2) is 7.79. The van der Waals surface area contributed by atoms with Gasteiger partial charge >= 0.3 is 0 Å². The van der Waals surface area contributed by atoms with E-state index in [4.69, 9.17) is 9.26 Å². The molecule has 0 aliphatic carbocycles. The first kappa shape index (κ1) is 17.6. The first-order chi connectivity index (χ1) is 12.1. The van der Waals surface area contributed by atoms with Crippen LogP contribution in [0.15, 0.2) is 23.1 Å². The summed E-state index contributed by atoms with van der Waals surface area (Å²) in [6.45, 7) is 6.84. The maximum atomic E-state index is 12.2. The number of likely N-dealkylation sites (N-methyl/N-ethyl adjacent to an activating group) is 1. The standard InChI is InChI=1S/C17H25N5O3/c1-4-22-5-6-24-15(17(22)14-9-18-11-21(14)3)10-19-16(23)8-13-7-12(2)25-20-13/h7,9,11,15,17H,4-6,8,10H2,1-3H3,(H,19,23)/t15-,17-/m0/s1. The number of nitrogens with zero attached hydrogens (tertiary/aromatic N) is 4. The number of morpholine rings is 1. The molecule has 0 saturated carbocycles. The van der Waals surface area contributed by atoms with Gasteiger partial charge in [-0.25, -0.2) is 4.98 Å². The van der Waals surface area contributed by atoms with Gasteiger partial charge < -0.3 is 19.1 Å². The van der Waals surface area contributed by atoms with E-state index in [0.717, 1.165) is 18.8 Å². The van der Waals surface area contributed by atoms with Gasteiger partial charge in [0.15, 0.2) is 0 Å². The summed E-state index contributed by atoms with van der Waals surface area (Å²) in [7, 11) is 1.98. The fourth-order valence-electron chi connectivity index (χ4n) is 3.28. The Morgan fingerprint density at radius 3 is 2.96 bits per heavy atom. The molecule has 1 fully saturated rings. The minimum atomic E-state index is -0.118. The molecule has 0 bridgehead atoms. The van der Waals surface area contributed by atoms with Crippen LogP contribution in [0.2, 0.25) is 0 Å². The van der Waals surface area contributed by atoms with Gasteiger partial charge in [0.1, 0.15) is 5.76 Å². The fourth-order valence-corrected chi connectivity index (χ4v) is 3.28. The lowest BCUT2D eigenvalue weighted by Crippen LogP contribution is -2.50. The van der Waals surface area contributed by atoms with Crippen molar-refractivity contribution in [3.05, 3.63) is 35.7 Å². The van der Waals surface area contributed by atoms with Crippen molar-refractivity contribution >= 4 is 5.91 Å². The lowest BCUT2D eigenvalue weighted by molar-refractivity contribution is -0.122. The van der Waals surface area contributed by atoms with E-state index in [2.05, 4.69) is 27.3 Å². The summed E-state index contributed by atoms with van der Waals surface area (Å²) in [5, 5.41) is 6.82. The molecule has 0 unspecified atom stereocenters. The van der Waals surface area contributed by atoms with Gasteiger partial charge in [0.2, 0.25) is 5.91 Å². The van der Waals surface area contributed by atoms with Crippen molar-refractivity contribution in [2.75, 3.05) is 26.2 Å². The first-order valence-electron chi connectivity index (χ1n) is 8.59. The van der Waals surface area contributed by atoms with Crippen molar-refractivity contribution in [1.29, 1.82) is 0 Å². The van der Waals surface area contributed by atoms with Crippen LogP contribution in [-0.2, 0) is 23.0 Å². The predicted octanol–water partition coefficient (Wildman–Crippen LogP) is 0.837. The van der Waals surface area contributed by atoms with E-state index >= 15 is 0 Å². The van der Waals surface area contributed by atoms with Gasteiger partial charge in [-0.05, 0) is 13.5 Å². The molecule has 25 heavy (non-hydrogen) atoms. The third-order valence-electron chi connectivity index (χ3n) is 4.54. The molecule has 1 aliphatic rings. The van der Waals surface area contributed by atoms with E-state index in [-0.39, 0.29) is 24.5 Å². The van der Waals surface area contributed by atoms with Crippen LogP contribution in [-0.4, -0.2) is 57.9 Å². The molecule has 136 valence electrons. The Balaban J connectivity index is 1.64. The summed E-state index contributed by atoms with van der Waals surface area (Å²) in [6.07, 6.45) is 3.75. The third-order valence-corrected chi connectivity index (χ3v) is 4.54. The molecule has 0 spiro atoms. The van der Waals surface area contributed by atoms with E-state index in [9.17, 15) is 4.79 Å². The SMILES string of the molecule is CCN1CCO[C@@H](CNC(=O)Cc2cc(C)on2)[C@@H]1c1cncn1C.